The van der Waals surface area contributed by atoms with Gasteiger partial charge in [0, 0.05) is 29.0 Å². The Balaban J connectivity index is 0.00000400. The van der Waals surface area contributed by atoms with Crippen LogP contribution in [-0.2, 0) is 16.1 Å². The molecule has 9 nitrogen and oxygen atoms in total. The fourth-order valence-corrected chi connectivity index (χ4v) is 4.07. The number of hydrogen-bond acceptors (Lipinski definition) is 6. The number of esters is 1. The van der Waals surface area contributed by atoms with E-state index in [4.69, 9.17) is 20.9 Å². The third-order valence-corrected chi connectivity index (χ3v) is 6.00. The van der Waals surface area contributed by atoms with E-state index in [1.807, 2.05) is 55.5 Å². The van der Waals surface area contributed by atoms with Crippen molar-refractivity contribution in [1.29, 1.82) is 5.41 Å². The zero-order chi connectivity index (χ0) is 26.4. The number of benzene rings is 3. The van der Waals surface area contributed by atoms with Gasteiger partial charge < -0.3 is 25.7 Å². The van der Waals surface area contributed by atoms with Crippen LogP contribution in [-0.4, -0.2) is 40.8 Å². The molecule has 0 fully saturated rings. The van der Waals surface area contributed by atoms with Crippen molar-refractivity contribution >= 4 is 52.5 Å². The van der Waals surface area contributed by atoms with Crippen molar-refractivity contribution in [2.75, 3.05) is 23.4 Å². The molecule has 0 aliphatic heterocycles. The maximum absolute atomic E-state index is 13.7. The Morgan fingerprint density at radius 2 is 1.79 bits per heavy atom. The Hall–Kier alpha value is -4.37. The van der Waals surface area contributed by atoms with Gasteiger partial charge in [-0.1, -0.05) is 18.2 Å². The zero-order valence-corrected chi connectivity index (χ0v) is 22.1. The fourth-order valence-electron chi connectivity index (χ4n) is 4.07. The lowest BCUT2D eigenvalue weighted by Crippen LogP contribution is -2.33. The summed E-state index contributed by atoms with van der Waals surface area (Å²) in [5, 5.41) is 10.8. The van der Waals surface area contributed by atoms with Crippen LogP contribution >= 0.6 is 12.4 Å². The predicted molar refractivity (Wildman–Crippen MR) is 152 cm³/mol. The average Bonchev–Trinajstić information content (AvgIpc) is 3.33. The van der Waals surface area contributed by atoms with E-state index < -0.39 is 0 Å². The summed E-state index contributed by atoms with van der Waals surface area (Å²) in [5.41, 5.74) is 10.6. The number of aromatic amines is 1. The monoisotopic (exact) mass is 534 g/mol. The minimum absolute atomic E-state index is 0. The number of hydrogen-bond donors (Lipinski definition) is 4. The quantitative estimate of drug-likeness (QED) is 0.131. The molecular formula is C28H31ClN6O3. The molecule has 0 saturated carbocycles. The number of fused-ring (bicyclic) bond motifs is 1. The molecule has 0 bridgehead atoms. The number of carbonyl (C=O) groups excluding carboxylic acids is 2. The number of imidazole rings is 1. The molecule has 10 heteroatoms. The summed E-state index contributed by atoms with van der Waals surface area (Å²) < 4.78 is 5.06. The highest BCUT2D eigenvalue weighted by molar-refractivity contribution is 6.09. The molecule has 3 aromatic carbocycles. The molecule has 5 N–H and O–H groups in total. The van der Waals surface area contributed by atoms with Crippen LogP contribution in [0.4, 0.5) is 11.4 Å². The maximum atomic E-state index is 13.7. The van der Waals surface area contributed by atoms with Gasteiger partial charge in [0.05, 0.1) is 30.6 Å². The summed E-state index contributed by atoms with van der Waals surface area (Å²) in [6.45, 7) is 4.59. The Kier molecular flexibility index (Phi) is 9.45. The first kappa shape index (κ1) is 28.2. The van der Waals surface area contributed by atoms with E-state index in [9.17, 15) is 9.59 Å². The highest BCUT2D eigenvalue weighted by Gasteiger charge is 2.22. The van der Waals surface area contributed by atoms with Gasteiger partial charge in [-0.25, -0.2) is 4.98 Å². The van der Waals surface area contributed by atoms with Gasteiger partial charge in [-0.05, 0) is 67.9 Å². The van der Waals surface area contributed by atoms with Gasteiger partial charge in [0.15, 0.2) is 0 Å². The molecule has 1 heterocycles. The molecule has 0 aliphatic carbocycles. The Morgan fingerprint density at radius 3 is 2.45 bits per heavy atom. The van der Waals surface area contributed by atoms with E-state index in [1.165, 1.54) is 0 Å². The second-order valence-corrected chi connectivity index (χ2v) is 8.51. The Bertz CT molecular complexity index is 1420. The largest absolute Gasteiger partial charge is 0.466 e. The average molecular weight is 535 g/mol. The van der Waals surface area contributed by atoms with Gasteiger partial charge in [0.25, 0.3) is 5.91 Å². The third-order valence-electron chi connectivity index (χ3n) is 6.00. The molecule has 4 rings (SSSR count). The van der Waals surface area contributed by atoms with E-state index >= 15 is 0 Å². The van der Waals surface area contributed by atoms with Crippen molar-refractivity contribution in [3.63, 3.8) is 0 Å². The number of rotatable bonds is 10. The number of aromatic nitrogens is 2. The van der Waals surface area contributed by atoms with Crippen LogP contribution in [0.3, 0.4) is 0 Å². The van der Waals surface area contributed by atoms with E-state index in [2.05, 4.69) is 10.3 Å². The Labute approximate surface area is 227 Å². The number of amidine groups is 1. The van der Waals surface area contributed by atoms with Crippen molar-refractivity contribution in [2.24, 2.45) is 5.73 Å². The second kappa shape index (κ2) is 12.7. The molecule has 38 heavy (non-hydrogen) atoms. The lowest BCUT2D eigenvalue weighted by molar-refractivity contribution is -0.142. The van der Waals surface area contributed by atoms with Crippen LogP contribution in [0.2, 0.25) is 0 Å². The summed E-state index contributed by atoms with van der Waals surface area (Å²) >= 11 is 0. The number of nitrogens with two attached hydrogens (primary N) is 1. The van der Waals surface area contributed by atoms with Crippen LogP contribution < -0.4 is 16.0 Å². The first-order chi connectivity index (χ1) is 17.9. The highest BCUT2D eigenvalue weighted by Crippen LogP contribution is 2.24. The molecule has 0 atom stereocenters. The van der Waals surface area contributed by atoms with Gasteiger partial charge in [-0.3, -0.25) is 15.0 Å². The Morgan fingerprint density at radius 1 is 1.08 bits per heavy atom. The molecule has 0 unspecified atom stereocenters. The maximum Gasteiger partial charge on any atom is 0.307 e. The topological polar surface area (TPSA) is 137 Å². The molecule has 4 aromatic rings. The molecule has 198 valence electrons. The SMILES string of the molecule is CCOC(=O)CCN(C(=O)c1ccc2[nH]c(CNc3ccc(C(=N)N)cc3)nc2c1C)c1ccccc1.Cl. The van der Waals surface area contributed by atoms with E-state index in [1.54, 1.807) is 30.0 Å². The number of nitrogens with one attached hydrogen (secondary N) is 3. The first-order valence-electron chi connectivity index (χ1n) is 12.1. The number of anilines is 2. The van der Waals surface area contributed by atoms with Crippen molar-refractivity contribution < 1.29 is 14.3 Å². The number of nitrogen functional groups attached to an aromatic ring is 1. The van der Waals surface area contributed by atoms with E-state index in [-0.39, 0.29) is 43.1 Å². The minimum Gasteiger partial charge on any atom is -0.466 e. The van der Waals surface area contributed by atoms with Crippen molar-refractivity contribution in [1.82, 2.24) is 9.97 Å². The lowest BCUT2D eigenvalue weighted by atomic mass is 10.0. The number of para-hydroxylation sites is 1. The van der Waals surface area contributed by atoms with Gasteiger partial charge in [-0.15, -0.1) is 12.4 Å². The van der Waals surface area contributed by atoms with Crippen LogP contribution in [0, 0.1) is 12.3 Å². The minimum atomic E-state index is -0.344. The van der Waals surface area contributed by atoms with Crippen LogP contribution in [0.1, 0.15) is 40.7 Å². The number of H-pyrrole nitrogens is 1. The lowest BCUT2D eigenvalue weighted by Gasteiger charge is -2.23. The number of aryl methyl sites for hydroxylation is 1. The number of halogens is 1. The molecular weight excluding hydrogens is 504 g/mol. The van der Waals surface area contributed by atoms with Gasteiger partial charge >= 0.3 is 5.97 Å². The number of amides is 1. The highest BCUT2D eigenvalue weighted by atomic mass is 35.5. The zero-order valence-electron chi connectivity index (χ0n) is 21.3. The normalized spacial score (nSPS) is 10.5. The summed E-state index contributed by atoms with van der Waals surface area (Å²) in [6.07, 6.45) is 0.0986. The number of ether oxygens (including phenoxy) is 1. The van der Waals surface area contributed by atoms with E-state index in [0.717, 1.165) is 22.6 Å². The van der Waals surface area contributed by atoms with Crippen molar-refractivity contribution in [2.45, 2.75) is 26.8 Å². The third kappa shape index (κ3) is 6.49. The van der Waals surface area contributed by atoms with Crippen LogP contribution in [0.15, 0.2) is 66.7 Å². The van der Waals surface area contributed by atoms with Gasteiger partial charge in [-0.2, -0.15) is 0 Å². The van der Waals surface area contributed by atoms with Crippen LogP contribution in [0.5, 0.6) is 0 Å². The summed E-state index contributed by atoms with van der Waals surface area (Å²) in [6, 6.07) is 20.2. The summed E-state index contributed by atoms with van der Waals surface area (Å²) in [7, 11) is 0. The standard InChI is InChI=1S/C28H30N6O3.ClH/c1-3-37-25(35)15-16-34(21-7-5-4-6-8-21)28(36)22-13-14-23-26(18(22)2)33-24(32-23)17-31-20-11-9-19(10-12-20)27(29)30;/h4-14,31H,3,15-17H2,1-2H3,(H3,29,30)(H,32,33);1H. The number of carbonyl (C=O) groups is 2. The second-order valence-electron chi connectivity index (χ2n) is 8.51. The molecule has 1 aromatic heterocycles. The number of nitrogens with zero attached hydrogens (tertiary/aromatic N) is 2. The van der Waals surface area contributed by atoms with Gasteiger partial charge in [0.1, 0.15) is 11.7 Å². The van der Waals surface area contributed by atoms with Crippen LogP contribution in [0.25, 0.3) is 11.0 Å². The molecule has 0 spiro atoms. The molecule has 0 radical (unpaired) electrons. The van der Waals surface area contributed by atoms with Crippen molar-refractivity contribution in [3.05, 3.63) is 89.2 Å². The molecule has 0 saturated heterocycles. The summed E-state index contributed by atoms with van der Waals surface area (Å²) in [5.74, 6) is 0.198. The predicted octanol–water partition coefficient (Wildman–Crippen LogP) is 4.79. The van der Waals surface area contributed by atoms with E-state index in [0.29, 0.717) is 35.5 Å². The molecule has 1 amide bonds. The molecule has 0 aliphatic rings. The first-order valence-corrected chi connectivity index (χ1v) is 12.1. The fraction of sp³-hybridized carbons (Fsp3) is 0.214. The van der Waals surface area contributed by atoms with Gasteiger partial charge in [0.2, 0.25) is 0 Å². The summed E-state index contributed by atoms with van der Waals surface area (Å²) in [4.78, 5) is 35.3. The van der Waals surface area contributed by atoms with Crippen molar-refractivity contribution in [3.8, 4) is 0 Å². The smallest absolute Gasteiger partial charge is 0.307 e.